The van der Waals surface area contributed by atoms with Gasteiger partial charge in [0.15, 0.2) is 5.78 Å². The number of benzene rings is 3. The summed E-state index contributed by atoms with van der Waals surface area (Å²) in [7, 11) is -3.89. The van der Waals surface area contributed by atoms with Crippen molar-refractivity contribution < 1.29 is 22.4 Å². The minimum atomic E-state index is -3.89. The van der Waals surface area contributed by atoms with Gasteiger partial charge < -0.3 is 5.32 Å². The lowest BCUT2D eigenvalue weighted by Gasteiger charge is -2.13. The van der Waals surface area contributed by atoms with E-state index >= 15 is 0 Å². The number of hydrogen-bond acceptors (Lipinski definition) is 4. The molecule has 160 valence electrons. The fourth-order valence-corrected chi connectivity index (χ4v) is 3.89. The molecule has 0 aromatic heterocycles. The van der Waals surface area contributed by atoms with Gasteiger partial charge in [0, 0.05) is 17.7 Å². The number of amides is 1. The molecule has 3 rings (SSSR count). The number of rotatable bonds is 8. The highest BCUT2D eigenvalue weighted by atomic mass is 32.2. The zero-order valence-corrected chi connectivity index (χ0v) is 17.5. The van der Waals surface area contributed by atoms with Gasteiger partial charge in [-0.05, 0) is 61.0 Å². The average Bonchev–Trinajstić information content (AvgIpc) is 2.75. The molecule has 0 aliphatic carbocycles. The number of halogens is 1. The lowest BCUT2D eigenvalue weighted by molar-refractivity contribution is -0.119. The Morgan fingerprint density at radius 3 is 2.13 bits per heavy atom. The van der Waals surface area contributed by atoms with Crippen molar-refractivity contribution in [2.75, 3.05) is 4.72 Å². The third-order valence-corrected chi connectivity index (χ3v) is 5.97. The van der Waals surface area contributed by atoms with E-state index in [1.54, 1.807) is 6.92 Å². The number of Topliss-reactive ketones (excluding diaryl/α,β-unsaturated/α-hetero) is 1. The Kier molecular flexibility index (Phi) is 6.81. The van der Waals surface area contributed by atoms with Gasteiger partial charge in [-0.3, -0.25) is 14.3 Å². The molecule has 0 saturated heterocycles. The summed E-state index contributed by atoms with van der Waals surface area (Å²) in [5, 5.41) is 2.65. The summed E-state index contributed by atoms with van der Waals surface area (Å²) in [6.45, 7) is 1.62. The van der Waals surface area contributed by atoms with E-state index in [1.807, 2.05) is 30.3 Å². The van der Waals surface area contributed by atoms with E-state index in [4.69, 9.17) is 0 Å². The van der Waals surface area contributed by atoms with Crippen LogP contribution >= 0.6 is 0 Å². The van der Waals surface area contributed by atoms with Gasteiger partial charge in [0.25, 0.3) is 15.9 Å². The third kappa shape index (κ3) is 5.99. The van der Waals surface area contributed by atoms with Crippen LogP contribution in [0.4, 0.5) is 10.1 Å². The standard InChI is InChI=1S/C23H21FN2O4S/c1-16(22(27)15-17-5-3-2-4-6-17)25-23(28)18-7-11-20(12-8-18)26-31(29,30)21-13-9-19(24)10-14-21/h2-14,16,26H,15H2,1H3,(H,25,28). The number of sulfonamides is 1. The Bertz CT molecular complexity index is 1160. The van der Waals surface area contributed by atoms with E-state index in [1.165, 1.54) is 24.3 Å². The number of hydrogen-bond donors (Lipinski definition) is 2. The third-order valence-electron chi connectivity index (χ3n) is 4.57. The average molecular weight is 440 g/mol. The first-order valence-electron chi connectivity index (χ1n) is 9.50. The minimum absolute atomic E-state index is 0.0820. The summed E-state index contributed by atoms with van der Waals surface area (Å²) in [5.41, 5.74) is 1.39. The Balaban J connectivity index is 1.60. The van der Waals surface area contributed by atoms with Crippen LogP contribution in [0.25, 0.3) is 0 Å². The summed E-state index contributed by atoms with van der Waals surface area (Å²) < 4.78 is 40.1. The maximum absolute atomic E-state index is 13.0. The van der Waals surface area contributed by atoms with Crippen molar-refractivity contribution in [3.05, 3.63) is 95.8 Å². The van der Waals surface area contributed by atoms with Gasteiger partial charge in [-0.1, -0.05) is 30.3 Å². The molecule has 0 radical (unpaired) electrons. The quantitative estimate of drug-likeness (QED) is 0.560. The zero-order valence-electron chi connectivity index (χ0n) is 16.7. The molecular formula is C23H21FN2O4S. The van der Waals surface area contributed by atoms with Gasteiger partial charge in [0.2, 0.25) is 0 Å². The summed E-state index contributed by atoms with van der Waals surface area (Å²) in [5.74, 6) is -1.10. The van der Waals surface area contributed by atoms with E-state index < -0.39 is 27.8 Å². The number of ketones is 1. The summed E-state index contributed by atoms with van der Waals surface area (Å²) in [6, 6.07) is 18.8. The second-order valence-electron chi connectivity index (χ2n) is 6.96. The summed E-state index contributed by atoms with van der Waals surface area (Å²) in [6.07, 6.45) is 0.215. The molecule has 1 atom stereocenters. The molecule has 0 heterocycles. The molecule has 6 nitrogen and oxygen atoms in total. The van der Waals surface area contributed by atoms with E-state index in [-0.39, 0.29) is 28.4 Å². The van der Waals surface area contributed by atoms with Crippen molar-refractivity contribution in [2.45, 2.75) is 24.3 Å². The summed E-state index contributed by atoms with van der Waals surface area (Å²) in [4.78, 5) is 24.7. The van der Waals surface area contributed by atoms with Crippen molar-refractivity contribution in [2.24, 2.45) is 0 Å². The maximum atomic E-state index is 13.0. The lowest BCUT2D eigenvalue weighted by Crippen LogP contribution is -2.39. The molecular weight excluding hydrogens is 419 g/mol. The molecule has 0 fully saturated rings. The van der Waals surface area contributed by atoms with Gasteiger partial charge in [0.1, 0.15) is 5.82 Å². The number of carbonyl (C=O) groups is 2. The first kappa shape index (κ1) is 22.2. The molecule has 3 aromatic carbocycles. The van der Waals surface area contributed by atoms with Crippen molar-refractivity contribution >= 4 is 27.4 Å². The SMILES string of the molecule is CC(NC(=O)c1ccc(NS(=O)(=O)c2ccc(F)cc2)cc1)C(=O)Cc1ccccc1. The van der Waals surface area contributed by atoms with E-state index in [0.717, 1.165) is 29.8 Å². The van der Waals surface area contributed by atoms with Crippen LogP contribution in [0.1, 0.15) is 22.8 Å². The molecule has 0 spiro atoms. The number of nitrogens with one attached hydrogen (secondary N) is 2. The second kappa shape index (κ2) is 9.53. The molecule has 3 aromatic rings. The zero-order chi connectivity index (χ0) is 22.4. The molecule has 31 heavy (non-hydrogen) atoms. The van der Waals surface area contributed by atoms with Gasteiger partial charge in [-0.15, -0.1) is 0 Å². The first-order chi connectivity index (χ1) is 14.7. The molecule has 0 saturated carbocycles. The molecule has 8 heteroatoms. The maximum Gasteiger partial charge on any atom is 0.261 e. The van der Waals surface area contributed by atoms with Crippen LogP contribution in [-0.2, 0) is 21.2 Å². The van der Waals surface area contributed by atoms with Gasteiger partial charge in [-0.2, -0.15) is 0 Å². The smallest absolute Gasteiger partial charge is 0.261 e. The normalized spacial score (nSPS) is 12.1. The molecule has 0 bridgehead atoms. The Hall–Kier alpha value is -3.52. The molecule has 1 unspecified atom stereocenters. The molecule has 1 amide bonds. The van der Waals surface area contributed by atoms with Gasteiger partial charge in [-0.25, -0.2) is 12.8 Å². The van der Waals surface area contributed by atoms with Crippen LogP contribution in [0.2, 0.25) is 0 Å². The Morgan fingerprint density at radius 1 is 0.903 bits per heavy atom. The largest absolute Gasteiger partial charge is 0.343 e. The van der Waals surface area contributed by atoms with Crippen LogP contribution in [0, 0.1) is 5.82 Å². The van der Waals surface area contributed by atoms with Crippen molar-refractivity contribution in [1.82, 2.24) is 5.32 Å². The van der Waals surface area contributed by atoms with Crippen LogP contribution in [0.3, 0.4) is 0 Å². The molecule has 0 aliphatic heterocycles. The Morgan fingerprint density at radius 2 is 1.52 bits per heavy atom. The highest BCUT2D eigenvalue weighted by molar-refractivity contribution is 7.92. The Labute approximate surface area is 180 Å². The molecule has 0 aliphatic rings. The van der Waals surface area contributed by atoms with Crippen molar-refractivity contribution in [1.29, 1.82) is 0 Å². The van der Waals surface area contributed by atoms with Crippen LogP contribution in [0.15, 0.2) is 83.8 Å². The monoisotopic (exact) mass is 440 g/mol. The van der Waals surface area contributed by atoms with Gasteiger partial charge >= 0.3 is 0 Å². The predicted molar refractivity (Wildman–Crippen MR) is 116 cm³/mol. The van der Waals surface area contributed by atoms with Crippen molar-refractivity contribution in [3.63, 3.8) is 0 Å². The highest BCUT2D eigenvalue weighted by Crippen LogP contribution is 2.17. The van der Waals surface area contributed by atoms with Crippen LogP contribution < -0.4 is 10.0 Å². The first-order valence-corrected chi connectivity index (χ1v) is 11.0. The minimum Gasteiger partial charge on any atom is -0.343 e. The van der Waals surface area contributed by atoms with Crippen molar-refractivity contribution in [3.8, 4) is 0 Å². The van der Waals surface area contributed by atoms with E-state index in [2.05, 4.69) is 10.0 Å². The highest BCUT2D eigenvalue weighted by Gasteiger charge is 2.18. The van der Waals surface area contributed by atoms with Gasteiger partial charge in [0.05, 0.1) is 10.9 Å². The number of anilines is 1. The number of carbonyl (C=O) groups excluding carboxylic acids is 2. The topological polar surface area (TPSA) is 92.3 Å². The fourth-order valence-electron chi connectivity index (χ4n) is 2.83. The predicted octanol–water partition coefficient (Wildman–Crippen LogP) is 3.56. The lowest BCUT2D eigenvalue weighted by atomic mass is 10.0. The second-order valence-corrected chi connectivity index (χ2v) is 8.64. The van der Waals surface area contributed by atoms with Crippen LogP contribution in [-0.4, -0.2) is 26.2 Å². The van der Waals surface area contributed by atoms with E-state index in [0.29, 0.717) is 0 Å². The fraction of sp³-hybridized carbons (Fsp3) is 0.130. The molecule has 2 N–H and O–H groups in total. The summed E-state index contributed by atoms with van der Waals surface area (Å²) >= 11 is 0. The van der Waals surface area contributed by atoms with E-state index in [9.17, 15) is 22.4 Å². The van der Waals surface area contributed by atoms with Crippen LogP contribution in [0.5, 0.6) is 0 Å².